The first-order valence-corrected chi connectivity index (χ1v) is 3.79. The third-order valence-corrected chi connectivity index (χ3v) is 1.94. The summed E-state index contributed by atoms with van der Waals surface area (Å²) < 4.78 is 1.90. The normalized spacial score (nSPS) is 13.5. The SMILES string of the molecule is CCC(Cl)c1cn(C)cn1. The largest absolute Gasteiger partial charge is 0.340 e. The summed E-state index contributed by atoms with van der Waals surface area (Å²) in [6, 6.07) is 0. The molecule has 1 aromatic rings. The minimum Gasteiger partial charge on any atom is -0.340 e. The summed E-state index contributed by atoms with van der Waals surface area (Å²) in [5.74, 6) is 0. The van der Waals surface area contributed by atoms with Crippen LogP contribution in [0.3, 0.4) is 0 Å². The van der Waals surface area contributed by atoms with E-state index in [1.807, 2.05) is 24.7 Å². The number of aryl methyl sites for hydroxylation is 1. The standard InChI is InChI=1S/C7H11ClN2/c1-3-6(8)7-4-10(2)5-9-7/h4-6H,3H2,1-2H3. The molecule has 0 saturated heterocycles. The summed E-state index contributed by atoms with van der Waals surface area (Å²) in [6.07, 6.45) is 4.64. The van der Waals surface area contributed by atoms with Crippen molar-refractivity contribution >= 4 is 11.6 Å². The highest BCUT2D eigenvalue weighted by atomic mass is 35.5. The molecule has 0 aliphatic rings. The van der Waals surface area contributed by atoms with Gasteiger partial charge in [-0.05, 0) is 6.42 Å². The maximum absolute atomic E-state index is 5.93. The Morgan fingerprint density at radius 2 is 2.50 bits per heavy atom. The van der Waals surface area contributed by atoms with Gasteiger partial charge < -0.3 is 4.57 Å². The van der Waals surface area contributed by atoms with Crippen LogP contribution in [0.15, 0.2) is 12.5 Å². The Bertz CT molecular complexity index is 207. The second-order valence-corrected chi connectivity index (χ2v) is 2.87. The minimum atomic E-state index is 0.0706. The van der Waals surface area contributed by atoms with E-state index in [2.05, 4.69) is 4.98 Å². The Hall–Kier alpha value is -0.500. The Balaban J connectivity index is 2.74. The zero-order valence-electron chi connectivity index (χ0n) is 6.21. The van der Waals surface area contributed by atoms with Gasteiger partial charge in [-0.25, -0.2) is 4.98 Å². The van der Waals surface area contributed by atoms with Crippen LogP contribution in [0, 0.1) is 0 Å². The topological polar surface area (TPSA) is 17.8 Å². The molecule has 0 amide bonds. The van der Waals surface area contributed by atoms with Crippen molar-refractivity contribution in [2.45, 2.75) is 18.7 Å². The van der Waals surface area contributed by atoms with Crippen LogP contribution in [0.1, 0.15) is 24.4 Å². The van der Waals surface area contributed by atoms with Crippen molar-refractivity contribution < 1.29 is 0 Å². The molecule has 0 aromatic carbocycles. The van der Waals surface area contributed by atoms with Gasteiger partial charge >= 0.3 is 0 Å². The lowest BCUT2D eigenvalue weighted by molar-refractivity contribution is 0.852. The van der Waals surface area contributed by atoms with E-state index in [-0.39, 0.29) is 5.38 Å². The highest BCUT2D eigenvalue weighted by Crippen LogP contribution is 2.20. The molecule has 2 nitrogen and oxygen atoms in total. The smallest absolute Gasteiger partial charge is 0.0947 e. The highest BCUT2D eigenvalue weighted by molar-refractivity contribution is 6.20. The van der Waals surface area contributed by atoms with Crippen LogP contribution in [0.4, 0.5) is 0 Å². The van der Waals surface area contributed by atoms with Crippen LogP contribution in [0.25, 0.3) is 0 Å². The maximum Gasteiger partial charge on any atom is 0.0947 e. The fraction of sp³-hybridized carbons (Fsp3) is 0.571. The molecule has 0 radical (unpaired) electrons. The van der Waals surface area contributed by atoms with Gasteiger partial charge in [-0.1, -0.05) is 6.92 Å². The van der Waals surface area contributed by atoms with Gasteiger partial charge in [0.1, 0.15) is 0 Å². The summed E-state index contributed by atoms with van der Waals surface area (Å²) in [7, 11) is 1.94. The molecule has 0 aliphatic heterocycles. The van der Waals surface area contributed by atoms with Gasteiger partial charge in [0, 0.05) is 13.2 Å². The molecule has 1 atom stereocenters. The van der Waals surface area contributed by atoms with Crippen LogP contribution >= 0.6 is 11.6 Å². The molecular formula is C7H11ClN2. The average Bonchev–Trinajstić information content (AvgIpc) is 2.34. The summed E-state index contributed by atoms with van der Waals surface area (Å²) in [6.45, 7) is 2.05. The van der Waals surface area contributed by atoms with E-state index in [0.29, 0.717) is 0 Å². The van der Waals surface area contributed by atoms with Crippen LogP contribution in [-0.4, -0.2) is 9.55 Å². The lowest BCUT2D eigenvalue weighted by atomic mass is 10.3. The first kappa shape index (κ1) is 7.61. The summed E-state index contributed by atoms with van der Waals surface area (Å²) in [5.41, 5.74) is 0.965. The molecule has 0 N–H and O–H groups in total. The predicted molar refractivity (Wildman–Crippen MR) is 42.1 cm³/mol. The van der Waals surface area contributed by atoms with Gasteiger partial charge in [0.25, 0.3) is 0 Å². The quantitative estimate of drug-likeness (QED) is 0.603. The number of halogens is 1. The molecule has 0 fully saturated rings. The van der Waals surface area contributed by atoms with E-state index < -0.39 is 0 Å². The molecule has 1 rings (SSSR count). The van der Waals surface area contributed by atoms with Crippen LogP contribution in [0.2, 0.25) is 0 Å². The molecule has 0 spiro atoms. The third-order valence-electron chi connectivity index (χ3n) is 1.40. The van der Waals surface area contributed by atoms with E-state index >= 15 is 0 Å². The fourth-order valence-electron chi connectivity index (χ4n) is 0.804. The van der Waals surface area contributed by atoms with E-state index in [1.165, 1.54) is 0 Å². The summed E-state index contributed by atoms with van der Waals surface area (Å²) in [4.78, 5) is 4.12. The number of alkyl halides is 1. The number of rotatable bonds is 2. The lowest BCUT2D eigenvalue weighted by Gasteiger charge is -1.98. The van der Waals surface area contributed by atoms with Crippen molar-refractivity contribution in [1.82, 2.24) is 9.55 Å². The van der Waals surface area contributed by atoms with E-state index in [1.54, 1.807) is 6.33 Å². The zero-order chi connectivity index (χ0) is 7.56. The Labute approximate surface area is 65.8 Å². The molecule has 0 saturated carbocycles. The van der Waals surface area contributed by atoms with Gasteiger partial charge in [-0.15, -0.1) is 11.6 Å². The van der Waals surface area contributed by atoms with Gasteiger partial charge in [-0.3, -0.25) is 0 Å². The van der Waals surface area contributed by atoms with Crippen LogP contribution in [-0.2, 0) is 7.05 Å². The van der Waals surface area contributed by atoms with E-state index in [9.17, 15) is 0 Å². The molecule has 0 bridgehead atoms. The number of aromatic nitrogens is 2. The van der Waals surface area contributed by atoms with Crippen molar-refractivity contribution in [3.8, 4) is 0 Å². The lowest BCUT2D eigenvalue weighted by Crippen LogP contribution is -1.87. The number of hydrogen-bond donors (Lipinski definition) is 0. The van der Waals surface area contributed by atoms with Crippen molar-refractivity contribution in [2.24, 2.45) is 7.05 Å². The molecular weight excluding hydrogens is 148 g/mol. The molecule has 10 heavy (non-hydrogen) atoms. The van der Waals surface area contributed by atoms with E-state index in [0.717, 1.165) is 12.1 Å². The van der Waals surface area contributed by atoms with E-state index in [4.69, 9.17) is 11.6 Å². The molecule has 1 heterocycles. The van der Waals surface area contributed by atoms with Crippen molar-refractivity contribution in [3.05, 3.63) is 18.2 Å². The van der Waals surface area contributed by atoms with Crippen molar-refractivity contribution in [2.75, 3.05) is 0 Å². The van der Waals surface area contributed by atoms with Gasteiger partial charge in [-0.2, -0.15) is 0 Å². The second-order valence-electron chi connectivity index (χ2n) is 2.34. The number of imidazole rings is 1. The fourth-order valence-corrected chi connectivity index (χ4v) is 0.917. The van der Waals surface area contributed by atoms with Crippen LogP contribution < -0.4 is 0 Å². The average molecular weight is 159 g/mol. The zero-order valence-corrected chi connectivity index (χ0v) is 6.97. The van der Waals surface area contributed by atoms with Gasteiger partial charge in [0.15, 0.2) is 0 Å². The number of nitrogens with zero attached hydrogens (tertiary/aromatic N) is 2. The molecule has 1 aromatic heterocycles. The third kappa shape index (κ3) is 1.51. The second kappa shape index (κ2) is 3.06. The first-order valence-electron chi connectivity index (χ1n) is 3.36. The van der Waals surface area contributed by atoms with Crippen LogP contribution in [0.5, 0.6) is 0 Å². The minimum absolute atomic E-state index is 0.0706. The molecule has 3 heteroatoms. The first-order chi connectivity index (χ1) is 4.74. The van der Waals surface area contributed by atoms with Gasteiger partial charge in [0.05, 0.1) is 17.4 Å². The van der Waals surface area contributed by atoms with Crippen molar-refractivity contribution in [3.63, 3.8) is 0 Å². The molecule has 1 unspecified atom stereocenters. The highest BCUT2D eigenvalue weighted by Gasteiger charge is 2.06. The molecule has 56 valence electrons. The Morgan fingerprint density at radius 1 is 1.80 bits per heavy atom. The Kier molecular flexibility index (Phi) is 2.33. The summed E-state index contributed by atoms with van der Waals surface area (Å²) in [5, 5.41) is 0.0706. The number of hydrogen-bond acceptors (Lipinski definition) is 1. The Morgan fingerprint density at radius 3 is 2.90 bits per heavy atom. The maximum atomic E-state index is 5.93. The van der Waals surface area contributed by atoms with Gasteiger partial charge in [0.2, 0.25) is 0 Å². The van der Waals surface area contributed by atoms with Crippen molar-refractivity contribution in [1.29, 1.82) is 0 Å². The summed E-state index contributed by atoms with van der Waals surface area (Å²) >= 11 is 5.93. The predicted octanol–water partition coefficient (Wildman–Crippen LogP) is 2.11. The molecule has 0 aliphatic carbocycles. The monoisotopic (exact) mass is 158 g/mol.